The zero-order valence-corrected chi connectivity index (χ0v) is 15.5. The number of aryl methyl sites for hydroxylation is 1. The van der Waals surface area contributed by atoms with Crippen molar-refractivity contribution in [3.63, 3.8) is 0 Å². The van der Waals surface area contributed by atoms with Gasteiger partial charge in [-0.25, -0.2) is 9.59 Å². The average Bonchev–Trinajstić information content (AvgIpc) is 2.67. The van der Waals surface area contributed by atoms with Crippen molar-refractivity contribution < 1.29 is 23.5 Å². The van der Waals surface area contributed by atoms with E-state index in [2.05, 4.69) is 5.32 Å². The second kappa shape index (κ2) is 8.49. The Morgan fingerprint density at radius 3 is 2.61 bits per heavy atom. The van der Waals surface area contributed by atoms with Crippen molar-refractivity contribution in [3.05, 3.63) is 75.6 Å². The summed E-state index contributed by atoms with van der Waals surface area (Å²) < 4.78 is 15.5. The Morgan fingerprint density at radius 1 is 1.07 bits per heavy atom. The van der Waals surface area contributed by atoms with Gasteiger partial charge in [-0.2, -0.15) is 0 Å². The summed E-state index contributed by atoms with van der Waals surface area (Å²) in [4.78, 5) is 36.6. The van der Waals surface area contributed by atoms with Gasteiger partial charge in [0.1, 0.15) is 16.9 Å². The number of rotatable bonds is 6. The molecule has 144 valence electrons. The summed E-state index contributed by atoms with van der Waals surface area (Å²) in [6.45, 7) is 2.43. The summed E-state index contributed by atoms with van der Waals surface area (Å²) in [5.74, 6) is -0.808. The molecule has 0 aliphatic carbocycles. The van der Waals surface area contributed by atoms with Crippen molar-refractivity contribution in [2.75, 3.05) is 20.3 Å². The van der Waals surface area contributed by atoms with Crippen LogP contribution in [-0.4, -0.2) is 32.1 Å². The molecule has 0 saturated carbocycles. The van der Waals surface area contributed by atoms with Gasteiger partial charge in [0.15, 0.2) is 0 Å². The molecule has 0 unspecified atom stereocenters. The van der Waals surface area contributed by atoms with Gasteiger partial charge in [-0.1, -0.05) is 18.2 Å². The smallest absolute Gasteiger partial charge is 0.349 e. The van der Waals surface area contributed by atoms with E-state index in [-0.39, 0.29) is 23.4 Å². The number of benzene rings is 2. The fourth-order valence-electron chi connectivity index (χ4n) is 2.64. The van der Waals surface area contributed by atoms with E-state index in [9.17, 15) is 14.4 Å². The quantitative estimate of drug-likeness (QED) is 0.305. The first-order chi connectivity index (χ1) is 13.5. The number of ether oxygens (including phenoxy) is 2. The van der Waals surface area contributed by atoms with Gasteiger partial charge in [0, 0.05) is 25.1 Å². The lowest BCUT2D eigenvalue weighted by molar-refractivity contribution is 0.0734. The van der Waals surface area contributed by atoms with E-state index in [1.165, 1.54) is 19.2 Å². The number of carbonyl (C=O) groups is 2. The maximum atomic E-state index is 12.3. The molecule has 1 heterocycles. The third-order valence-corrected chi connectivity index (χ3v) is 4.12. The monoisotopic (exact) mass is 381 g/mol. The Hall–Kier alpha value is -3.45. The molecule has 0 bridgehead atoms. The Labute approximate surface area is 160 Å². The minimum absolute atomic E-state index is 0.103. The highest BCUT2D eigenvalue weighted by Gasteiger charge is 2.15. The highest BCUT2D eigenvalue weighted by atomic mass is 16.5. The molecule has 0 fully saturated rings. The zero-order chi connectivity index (χ0) is 20.1. The van der Waals surface area contributed by atoms with Gasteiger partial charge in [0.2, 0.25) is 0 Å². The highest BCUT2D eigenvalue weighted by Crippen LogP contribution is 2.22. The van der Waals surface area contributed by atoms with Crippen LogP contribution < -0.4 is 15.7 Å². The van der Waals surface area contributed by atoms with Crippen molar-refractivity contribution >= 4 is 22.8 Å². The lowest BCUT2D eigenvalue weighted by Gasteiger charge is -2.08. The van der Waals surface area contributed by atoms with E-state index >= 15 is 0 Å². The minimum atomic E-state index is -0.773. The number of hydrogen-bond donors (Lipinski definition) is 1. The van der Waals surface area contributed by atoms with Gasteiger partial charge >= 0.3 is 11.6 Å². The fraction of sp³-hybridized carbons (Fsp3) is 0.190. The summed E-state index contributed by atoms with van der Waals surface area (Å²) in [7, 11) is 1.51. The zero-order valence-electron chi connectivity index (χ0n) is 15.5. The number of nitrogens with one attached hydrogen (secondary N) is 1. The van der Waals surface area contributed by atoms with E-state index < -0.39 is 17.5 Å². The molecular formula is C21H19NO6. The number of methoxy groups -OCH3 is 1. The fourth-order valence-corrected chi connectivity index (χ4v) is 2.64. The molecule has 28 heavy (non-hydrogen) atoms. The molecule has 1 aromatic heterocycles. The first kappa shape index (κ1) is 19.3. The van der Waals surface area contributed by atoms with Crippen LogP contribution in [0.2, 0.25) is 0 Å². The Bertz CT molecular complexity index is 1090. The van der Waals surface area contributed by atoms with Crippen LogP contribution in [0.25, 0.3) is 11.0 Å². The van der Waals surface area contributed by atoms with E-state index in [4.69, 9.17) is 13.9 Å². The van der Waals surface area contributed by atoms with E-state index in [0.717, 1.165) is 5.56 Å². The lowest BCUT2D eigenvalue weighted by atomic mass is 10.1. The largest absolute Gasteiger partial charge is 0.423 e. The van der Waals surface area contributed by atoms with Crippen molar-refractivity contribution in [2.45, 2.75) is 6.92 Å². The molecule has 2 aromatic carbocycles. The van der Waals surface area contributed by atoms with E-state index in [1.54, 1.807) is 24.3 Å². The molecule has 0 aliphatic rings. The molecule has 0 aliphatic heterocycles. The summed E-state index contributed by atoms with van der Waals surface area (Å²) in [6.07, 6.45) is 0. The number of carbonyl (C=O) groups excluding carboxylic acids is 2. The van der Waals surface area contributed by atoms with Crippen LogP contribution in [0, 0.1) is 6.92 Å². The highest BCUT2D eigenvalue weighted by molar-refractivity contribution is 5.97. The minimum Gasteiger partial charge on any atom is -0.423 e. The molecule has 1 N–H and O–H groups in total. The number of hydrogen-bond acceptors (Lipinski definition) is 6. The number of fused-ring (bicyclic) bond motifs is 1. The Kier molecular flexibility index (Phi) is 5.86. The summed E-state index contributed by atoms with van der Waals surface area (Å²) in [5.41, 5.74) is 0.586. The van der Waals surface area contributed by atoms with Gasteiger partial charge in [-0.3, -0.25) is 4.79 Å². The van der Waals surface area contributed by atoms with Gasteiger partial charge in [-0.15, -0.1) is 0 Å². The molecule has 0 radical (unpaired) electrons. The molecule has 3 aromatic rings. The van der Waals surface area contributed by atoms with Crippen LogP contribution in [0.3, 0.4) is 0 Å². The number of esters is 1. The predicted octanol–water partition coefficient (Wildman–Crippen LogP) is 2.70. The van der Waals surface area contributed by atoms with Crippen molar-refractivity contribution in [1.29, 1.82) is 0 Å². The van der Waals surface area contributed by atoms with Crippen LogP contribution in [0.15, 0.2) is 57.7 Å². The number of amides is 1. The van der Waals surface area contributed by atoms with Crippen LogP contribution in [0.5, 0.6) is 5.75 Å². The first-order valence-corrected chi connectivity index (χ1v) is 8.62. The molecule has 3 rings (SSSR count). The molecule has 0 saturated heterocycles. The molecule has 1 amide bonds. The maximum absolute atomic E-state index is 12.3. The molecule has 0 spiro atoms. The van der Waals surface area contributed by atoms with Crippen LogP contribution in [0.4, 0.5) is 0 Å². The molecule has 7 nitrogen and oxygen atoms in total. The maximum Gasteiger partial charge on any atom is 0.349 e. The molecule has 7 heteroatoms. The van der Waals surface area contributed by atoms with Crippen molar-refractivity contribution in [3.8, 4) is 5.75 Å². The topological polar surface area (TPSA) is 94.8 Å². The third kappa shape index (κ3) is 4.27. The summed E-state index contributed by atoms with van der Waals surface area (Å²) in [5, 5.41) is 3.11. The average molecular weight is 381 g/mol. The first-order valence-electron chi connectivity index (χ1n) is 8.62. The second-order valence-electron chi connectivity index (χ2n) is 6.10. The van der Waals surface area contributed by atoms with Crippen molar-refractivity contribution in [1.82, 2.24) is 5.32 Å². The molecular weight excluding hydrogens is 362 g/mol. The SMILES string of the molecule is COCCNC(=O)c1cc2ccc(OC(=O)c3ccccc3C)cc2oc1=O. The summed E-state index contributed by atoms with van der Waals surface area (Å²) in [6, 6.07) is 13.1. The van der Waals surface area contributed by atoms with Crippen LogP contribution in [0.1, 0.15) is 26.3 Å². The third-order valence-electron chi connectivity index (χ3n) is 4.12. The van der Waals surface area contributed by atoms with Crippen LogP contribution >= 0.6 is 0 Å². The van der Waals surface area contributed by atoms with Crippen LogP contribution in [-0.2, 0) is 4.74 Å². The predicted molar refractivity (Wildman–Crippen MR) is 103 cm³/mol. The van der Waals surface area contributed by atoms with Gasteiger partial charge in [-0.05, 0) is 36.8 Å². The Morgan fingerprint density at radius 2 is 1.86 bits per heavy atom. The standard InChI is InChI=1S/C21H19NO6/c1-13-5-3-4-6-16(13)20(24)27-15-8-7-14-11-17(19(23)22-9-10-26-2)21(25)28-18(14)12-15/h3-8,11-12H,9-10H2,1-2H3,(H,22,23). The van der Waals surface area contributed by atoms with E-state index in [1.807, 2.05) is 19.1 Å². The second-order valence-corrected chi connectivity index (χ2v) is 6.10. The van der Waals surface area contributed by atoms with Gasteiger partial charge in [0.25, 0.3) is 5.91 Å². The molecule has 0 atom stereocenters. The van der Waals surface area contributed by atoms with Gasteiger partial charge < -0.3 is 19.2 Å². The van der Waals surface area contributed by atoms with Gasteiger partial charge in [0.05, 0.1) is 12.2 Å². The Balaban J connectivity index is 1.83. The lowest BCUT2D eigenvalue weighted by Crippen LogP contribution is -2.30. The van der Waals surface area contributed by atoms with E-state index in [0.29, 0.717) is 17.6 Å². The summed E-state index contributed by atoms with van der Waals surface area (Å²) >= 11 is 0. The normalized spacial score (nSPS) is 10.6. The van der Waals surface area contributed by atoms with Crippen molar-refractivity contribution in [2.24, 2.45) is 0 Å².